The molecule has 1 aromatic carbocycles. The molecule has 3 aromatic rings. The third kappa shape index (κ3) is 2.55. The molecule has 0 aliphatic heterocycles. The topological polar surface area (TPSA) is 83.9 Å². The number of phenols is 1. The third-order valence-corrected chi connectivity index (χ3v) is 3.06. The normalized spacial score (nSPS) is 10.6. The van der Waals surface area contributed by atoms with Crippen LogP contribution in [0.15, 0.2) is 36.4 Å². The summed E-state index contributed by atoms with van der Waals surface area (Å²) in [7, 11) is 1.57. The summed E-state index contributed by atoms with van der Waals surface area (Å²) in [5.74, 6) is 1.69. The molecule has 2 N–H and O–H groups in total. The van der Waals surface area contributed by atoms with E-state index in [9.17, 15) is 5.11 Å². The smallest absolute Gasteiger partial charge is 0.200 e. The van der Waals surface area contributed by atoms with E-state index in [1.165, 1.54) is 0 Å². The van der Waals surface area contributed by atoms with Gasteiger partial charge in [-0.3, -0.25) is 5.10 Å². The summed E-state index contributed by atoms with van der Waals surface area (Å²) in [6.45, 7) is 1.91. The van der Waals surface area contributed by atoms with E-state index in [0.717, 1.165) is 5.69 Å². The average molecular weight is 282 g/mol. The van der Waals surface area contributed by atoms with E-state index in [1.54, 1.807) is 25.3 Å². The van der Waals surface area contributed by atoms with Crippen molar-refractivity contribution in [1.29, 1.82) is 0 Å². The van der Waals surface area contributed by atoms with Gasteiger partial charge in [-0.2, -0.15) is 5.10 Å². The molecule has 0 fully saturated rings. The zero-order valence-corrected chi connectivity index (χ0v) is 11.7. The van der Waals surface area contributed by atoms with E-state index >= 15 is 0 Å². The van der Waals surface area contributed by atoms with Crippen molar-refractivity contribution in [1.82, 2.24) is 20.2 Å². The van der Waals surface area contributed by atoms with Gasteiger partial charge in [-0.25, -0.2) is 9.97 Å². The number of benzene rings is 1. The maximum absolute atomic E-state index is 9.95. The van der Waals surface area contributed by atoms with Gasteiger partial charge >= 0.3 is 0 Å². The highest BCUT2D eigenvalue weighted by Gasteiger charge is 2.13. The first-order chi connectivity index (χ1) is 10.2. The van der Waals surface area contributed by atoms with Crippen molar-refractivity contribution in [2.45, 2.75) is 6.92 Å². The van der Waals surface area contributed by atoms with Gasteiger partial charge in [0.15, 0.2) is 11.6 Å². The summed E-state index contributed by atoms with van der Waals surface area (Å²) in [4.78, 5) is 8.76. The van der Waals surface area contributed by atoms with Gasteiger partial charge < -0.3 is 9.84 Å². The molecule has 106 valence electrons. The summed E-state index contributed by atoms with van der Waals surface area (Å²) in [6, 6.07) is 10.6. The highest BCUT2D eigenvalue weighted by molar-refractivity contribution is 5.67. The second kappa shape index (κ2) is 5.24. The molecule has 2 aromatic heterocycles. The lowest BCUT2D eigenvalue weighted by Crippen LogP contribution is -1.88. The van der Waals surface area contributed by atoms with Crippen molar-refractivity contribution in [2.24, 2.45) is 0 Å². The Morgan fingerprint density at radius 2 is 2.00 bits per heavy atom. The molecule has 0 atom stereocenters. The molecule has 0 unspecified atom stereocenters. The van der Waals surface area contributed by atoms with E-state index in [0.29, 0.717) is 28.7 Å². The van der Waals surface area contributed by atoms with Gasteiger partial charge in [0.2, 0.25) is 0 Å². The SMILES string of the molecule is COc1ccc(O)c(-c2nc(-c3cccc(C)n3)n[nH]2)c1. The van der Waals surface area contributed by atoms with Crippen molar-refractivity contribution >= 4 is 0 Å². The van der Waals surface area contributed by atoms with Crippen molar-refractivity contribution in [2.75, 3.05) is 7.11 Å². The predicted molar refractivity (Wildman–Crippen MR) is 78.0 cm³/mol. The van der Waals surface area contributed by atoms with E-state index in [2.05, 4.69) is 20.2 Å². The van der Waals surface area contributed by atoms with E-state index in [4.69, 9.17) is 4.74 Å². The lowest BCUT2D eigenvalue weighted by atomic mass is 10.2. The fourth-order valence-electron chi connectivity index (χ4n) is 2.00. The van der Waals surface area contributed by atoms with Gasteiger partial charge in [0.1, 0.15) is 17.2 Å². The first-order valence-electron chi connectivity index (χ1n) is 6.41. The summed E-state index contributed by atoms with van der Waals surface area (Å²) in [6.07, 6.45) is 0. The number of aromatic nitrogens is 4. The molecule has 0 radical (unpaired) electrons. The second-order valence-corrected chi connectivity index (χ2v) is 4.55. The number of nitrogens with one attached hydrogen (secondary N) is 1. The molecule has 0 aliphatic carbocycles. The van der Waals surface area contributed by atoms with Gasteiger partial charge in [-0.05, 0) is 37.3 Å². The van der Waals surface area contributed by atoms with Gasteiger partial charge in [0, 0.05) is 5.69 Å². The van der Waals surface area contributed by atoms with E-state index in [-0.39, 0.29) is 5.75 Å². The number of rotatable bonds is 3. The number of ether oxygens (including phenoxy) is 1. The van der Waals surface area contributed by atoms with Crippen LogP contribution in [0.3, 0.4) is 0 Å². The number of nitrogens with zero attached hydrogens (tertiary/aromatic N) is 3. The van der Waals surface area contributed by atoms with Gasteiger partial charge in [0.25, 0.3) is 0 Å². The van der Waals surface area contributed by atoms with Crippen molar-refractivity contribution < 1.29 is 9.84 Å². The Kier molecular flexibility index (Phi) is 3.27. The van der Waals surface area contributed by atoms with Crippen LogP contribution in [0, 0.1) is 6.92 Å². The Labute approximate surface area is 121 Å². The highest BCUT2D eigenvalue weighted by atomic mass is 16.5. The molecule has 0 amide bonds. The number of H-pyrrole nitrogens is 1. The van der Waals surface area contributed by atoms with Crippen LogP contribution < -0.4 is 4.74 Å². The monoisotopic (exact) mass is 282 g/mol. The first-order valence-corrected chi connectivity index (χ1v) is 6.41. The van der Waals surface area contributed by atoms with Crippen LogP contribution in [0.1, 0.15) is 5.69 Å². The van der Waals surface area contributed by atoms with Crippen LogP contribution >= 0.6 is 0 Å². The molecule has 21 heavy (non-hydrogen) atoms. The van der Waals surface area contributed by atoms with Crippen molar-refractivity contribution in [3.63, 3.8) is 0 Å². The molecule has 6 nitrogen and oxygen atoms in total. The first kappa shape index (κ1) is 13.1. The largest absolute Gasteiger partial charge is 0.507 e. The number of aryl methyl sites for hydroxylation is 1. The average Bonchev–Trinajstić information content (AvgIpc) is 2.97. The Hall–Kier alpha value is -2.89. The van der Waals surface area contributed by atoms with Crippen LogP contribution in [0.2, 0.25) is 0 Å². The number of methoxy groups -OCH3 is 1. The quantitative estimate of drug-likeness (QED) is 0.771. The van der Waals surface area contributed by atoms with Gasteiger partial charge in [-0.15, -0.1) is 0 Å². The Morgan fingerprint density at radius 3 is 2.76 bits per heavy atom. The molecule has 0 aliphatic rings. The van der Waals surface area contributed by atoms with Crippen LogP contribution in [0.4, 0.5) is 0 Å². The van der Waals surface area contributed by atoms with Crippen molar-refractivity contribution in [3.8, 4) is 34.4 Å². The summed E-state index contributed by atoms with van der Waals surface area (Å²) >= 11 is 0. The Balaban J connectivity index is 2.02. The fraction of sp³-hybridized carbons (Fsp3) is 0.133. The number of aromatic amines is 1. The summed E-state index contributed by atoms with van der Waals surface area (Å²) < 4.78 is 5.15. The molecule has 6 heteroatoms. The zero-order valence-electron chi connectivity index (χ0n) is 11.7. The summed E-state index contributed by atoms with van der Waals surface area (Å²) in [5, 5.41) is 16.9. The van der Waals surface area contributed by atoms with Crippen LogP contribution in [0.25, 0.3) is 22.9 Å². The molecule has 0 saturated carbocycles. The maximum Gasteiger partial charge on any atom is 0.200 e. The Bertz CT molecular complexity index is 783. The minimum absolute atomic E-state index is 0.107. The molecule has 3 rings (SSSR count). The second-order valence-electron chi connectivity index (χ2n) is 4.55. The molecule has 2 heterocycles. The highest BCUT2D eigenvalue weighted by Crippen LogP contribution is 2.31. The molecular formula is C15H14N4O2. The predicted octanol–water partition coefficient (Wildman–Crippen LogP) is 2.56. The number of aromatic hydroxyl groups is 1. The van der Waals surface area contributed by atoms with E-state index in [1.807, 2.05) is 25.1 Å². The van der Waals surface area contributed by atoms with Crippen LogP contribution in [0.5, 0.6) is 11.5 Å². The standard InChI is InChI=1S/C15H14N4O2/c1-9-4-3-5-12(16-9)15-17-14(18-19-15)11-8-10(21-2)6-7-13(11)20/h3-8,20H,1-2H3,(H,17,18,19). The van der Waals surface area contributed by atoms with Gasteiger partial charge in [0.05, 0.1) is 12.7 Å². The molecule has 0 saturated heterocycles. The fourth-order valence-corrected chi connectivity index (χ4v) is 2.00. The zero-order chi connectivity index (χ0) is 14.8. The Morgan fingerprint density at radius 1 is 1.14 bits per heavy atom. The molecular weight excluding hydrogens is 268 g/mol. The van der Waals surface area contributed by atoms with Crippen molar-refractivity contribution in [3.05, 3.63) is 42.1 Å². The molecule has 0 spiro atoms. The van der Waals surface area contributed by atoms with Crippen LogP contribution in [-0.2, 0) is 0 Å². The lowest BCUT2D eigenvalue weighted by Gasteiger charge is -2.04. The molecule has 0 bridgehead atoms. The number of pyridine rings is 1. The maximum atomic E-state index is 9.95. The minimum atomic E-state index is 0.107. The number of hydrogen-bond acceptors (Lipinski definition) is 5. The van der Waals surface area contributed by atoms with Crippen LogP contribution in [-0.4, -0.2) is 32.4 Å². The number of hydrogen-bond donors (Lipinski definition) is 2. The number of phenolic OH excluding ortho intramolecular Hbond substituents is 1. The lowest BCUT2D eigenvalue weighted by molar-refractivity contribution is 0.412. The van der Waals surface area contributed by atoms with Gasteiger partial charge in [-0.1, -0.05) is 6.07 Å². The summed E-state index contributed by atoms with van der Waals surface area (Å²) in [5.41, 5.74) is 2.10. The minimum Gasteiger partial charge on any atom is -0.507 e. The van der Waals surface area contributed by atoms with E-state index < -0.39 is 0 Å². The third-order valence-electron chi connectivity index (χ3n) is 3.06.